The number of halogens is 2. The molecule has 2 aromatic heterocycles. The lowest BCUT2D eigenvalue weighted by Gasteiger charge is -2.14. The molecule has 0 bridgehead atoms. The number of thiophene rings is 1. The van der Waals surface area contributed by atoms with Crippen molar-refractivity contribution in [3.8, 4) is 5.69 Å². The van der Waals surface area contributed by atoms with Gasteiger partial charge in [0.1, 0.15) is 16.3 Å². The summed E-state index contributed by atoms with van der Waals surface area (Å²) in [5.41, 5.74) is 1.94. The lowest BCUT2D eigenvalue weighted by atomic mass is 10.1. The quantitative estimate of drug-likeness (QED) is 0.520. The lowest BCUT2D eigenvalue weighted by Crippen LogP contribution is -2.39. The monoisotopic (exact) mass is 398 g/mol. The van der Waals surface area contributed by atoms with E-state index in [4.69, 9.17) is 0 Å². The van der Waals surface area contributed by atoms with E-state index in [1.807, 2.05) is 32.0 Å². The first-order valence-corrected chi connectivity index (χ1v) is 9.49. The van der Waals surface area contributed by atoms with Crippen molar-refractivity contribution in [1.82, 2.24) is 9.13 Å². The van der Waals surface area contributed by atoms with Crippen molar-refractivity contribution in [3.63, 3.8) is 0 Å². The molecule has 0 spiro atoms. The van der Waals surface area contributed by atoms with Crippen LogP contribution in [-0.2, 0) is 6.54 Å². The molecule has 0 aliphatic rings. The van der Waals surface area contributed by atoms with Crippen LogP contribution in [0.5, 0.6) is 0 Å². The van der Waals surface area contributed by atoms with E-state index in [9.17, 15) is 18.4 Å². The molecule has 0 saturated carbocycles. The van der Waals surface area contributed by atoms with Gasteiger partial charge >= 0.3 is 5.69 Å². The molecule has 0 saturated heterocycles. The maximum Gasteiger partial charge on any atom is 0.336 e. The minimum atomic E-state index is -0.964. The Balaban J connectivity index is 2.02. The van der Waals surface area contributed by atoms with Crippen LogP contribution in [-0.4, -0.2) is 9.13 Å². The Morgan fingerprint density at radius 3 is 2.54 bits per heavy atom. The predicted octanol–water partition coefficient (Wildman–Crippen LogP) is 4.16. The van der Waals surface area contributed by atoms with Crippen LogP contribution in [0.25, 0.3) is 15.9 Å². The second-order valence-corrected chi connectivity index (χ2v) is 7.59. The number of fused-ring (bicyclic) bond motifs is 1. The van der Waals surface area contributed by atoms with Gasteiger partial charge in [0.2, 0.25) is 0 Å². The Morgan fingerprint density at radius 1 is 1.00 bits per heavy atom. The van der Waals surface area contributed by atoms with Crippen molar-refractivity contribution >= 4 is 21.6 Å². The van der Waals surface area contributed by atoms with Gasteiger partial charge in [-0.15, -0.1) is 11.3 Å². The third-order valence-electron chi connectivity index (χ3n) is 4.74. The third kappa shape index (κ3) is 2.97. The number of hydrogen-bond donors (Lipinski definition) is 0. The number of nitrogens with zero attached hydrogens (tertiary/aromatic N) is 2. The largest absolute Gasteiger partial charge is 0.336 e. The minimum absolute atomic E-state index is 0.239. The molecule has 0 aliphatic carbocycles. The van der Waals surface area contributed by atoms with E-state index in [0.717, 1.165) is 33.4 Å². The lowest BCUT2D eigenvalue weighted by molar-refractivity contribution is 0.572. The molecule has 28 heavy (non-hydrogen) atoms. The van der Waals surface area contributed by atoms with Gasteiger partial charge < -0.3 is 0 Å². The Morgan fingerprint density at radius 2 is 1.79 bits per heavy atom. The molecule has 2 aromatic carbocycles. The SMILES string of the molecule is Cc1ccc(C)c(Cn2c(=O)n(-c3ccc(F)cc3F)c(=O)c3sccc32)c1. The van der Waals surface area contributed by atoms with E-state index in [1.54, 1.807) is 11.4 Å². The molecule has 0 fully saturated rings. The highest BCUT2D eigenvalue weighted by molar-refractivity contribution is 7.17. The van der Waals surface area contributed by atoms with Crippen molar-refractivity contribution in [2.75, 3.05) is 0 Å². The summed E-state index contributed by atoms with van der Waals surface area (Å²) >= 11 is 1.18. The second kappa shape index (κ2) is 6.83. The Bertz CT molecular complexity index is 1330. The van der Waals surface area contributed by atoms with E-state index < -0.39 is 22.9 Å². The summed E-state index contributed by atoms with van der Waals surface area (Å²) in [5, 5.41) is 1.72. The normalized spacial score (nSPS) is 11.3. The maximum atomic E-state index is 14.4. The molecule has 4 nitrogen and oxygen atoms in total. The van der Waals surface area contributed by atoms with Crippen LogP contribution in [0.15, 0.2) is 57.4 Å². The first-order chi connectivity index (χ1) is 13.4. The fourth-order valence-electron chi connectivity index (χ4n) is 3.26. The number of aryl methyl sites for hydroxylation is 2. The summed E-state index contributed by atoms with van der Waals surface area (Å²) < 4.78 is 30.2. The summed E-state index contributed by atoms with van der Waals surface area (Å²) in [4.78, 5) is 26.1. The molecule has 2 heterocycles. The second-order valence-electron chi connectivity index (χ2n) is 6.67. The Hall–Kier alpha value is -3.06. The van der Waals surface area contributed by atoms with Crippen molar-refractivity contribution < 1.29 is 8.78 Å². The Labute approximate surface area is 162 Å². The van der Waals surface area contributed by atoms with Gasteiger partial charge in [-0.25, -0.2) is 18.1 Å². The van der Waals surface area contributed by atoms with E-state index in [2.05, 4.69) is 0 Å². The van der Waals surface area contributed by atoms with E-state index in [-0.39, 0.29) is 12.2 Å². The fourth-order valence-corrected chi connectivity index (χ4v) is 4.08. The van der Waals surface area contributed by atoms with E-state index >= 15 is 0 Å². The van der Waals surface area contributed by atoms with Crippen LogP contribution in [0.3, 0.4) is 0 Å². The smallest absolute Gasteiger partial charge is 0.288 e. The molecule has 0 aliphatic heterocycles. The molecule has 4 rings (SSSR count). The third-order valence-corrected chi connectivity index (χ3v) is 5.63. The molecule has 0 radical (unpaired) electrons. The van der Waals surface area contributed by atoms with E-state index in [1.165, 1.54) is 15.9 Å². The van der Waals surface area contributed by atoms with Gasteiger partial charge in [-0.3, -0.25) is 9.36 Å². The summed E-state index contributed by atoms with van der Waals surface area (Å²) in [7, 11) is 0. The highest BCUT2D eigenvalue weighted by Gasteiger charge is 2.19. The van der Waals surface area contributed by atoms with Crippen LogP contribution in [0, 0.1) is 25.5 Å². The van der Waals surface area contributed by atoms with Gasteiger partial charge in [0.05, 0.1) is 17.7 Å². The van der Waals surface area contributed by atoms with Gasteiger partial charge in [-0.05, 0) is 48.6 Å². The minimum Gasteiger partial charge on any atom is -0.288 e. The fraction of sp³-hybridized carbons (Fsp3) is 0.143. The van der Waals surface area contributed by atoms with Crippen LogP contribution in [0.4, 0.5) is 8.78 Å². The first-order valence-electron chi connectivity index (χ1n) is 8.61. The molecule has 142 valence electrons. The number of rotatable bonds is 3. The summed E-state index contributed by atoms with van der Waals surface area (Å²) in [6.07, 6.45) is 0. The average molecular weight is 398 g/mol. The van der Waals surface area contributed by atoms with Crippen LogP contribution < -0.4 is 11.2 Å². The first kappa shape index (κ1) is 18.3. The number of aromatic nitrogens is 2. The molecule has 0 atom stereocenters. The summed E-state index contributed by atoms with van der Waals surface area (Å²) in [6.45, 7) is 4.14. The zero-order valence-electron chi connectivity index (χ0n) is 15.2. The topological polar surface area (TPSA) is 44.0 Å². The van der Waals surface area contributed by atoms with Crippen LogP contribution >= 0.6 is 11.3 Å². The molecular weight excluding hydrogens is 382 g/mol. The summed E-state index contributed by atoms with van der Waals surface area (Å²) in [5.74, 6) is -1.74. The van der Waals surface area contributed by atoms with Crippen molar-refractivity contribution in [1.29, 1.82) is 0 Å². The van der Waals surface area contributed by atoms with Crippen molar-refractivity contribution in [3.05, 3.63) is 97.0 Å². The van der Waals surface area contributed by atoms with Crippen LogP contribution in [0.2, 0.25) is 0 Å². The maximum absolute atomic E-state index is 14.4. The van der Waals surface area contributed by atoms with Crippen molar-refractivity contribution in [2.45, 2.75) is 20.4 Å². The van der Waals surface area contributed by atoms with Gasteiger partial charge in [-0.1, -0.05) is 23.8 Å². The molecule has 0 amide bonds. The highest BCUT2D eigenvalue weighted by atomic mass is 32.1. The molecule has 0 unspecified atom stereocenters. The molecule has 0 N–H and O–H groups in total. The molecule has 4 aromatic rings. The molecular formula is C21H16F2N2O2S. The highest BCUT2D eigenvalue weighted by Crippen LogP contribution is 2.20. The van der Waals surface area contributed by atoms with E-state index in [0.29, 0.717) is 16.3 Å². The summed E-state index contributed by atoms with van der Waals surface area (Å²) in [6, 6.07) is 10.4. The van der Waals surface area contributed by atoms with Gasteiger partial charge in [0, 0.05) is 6.07 Å². The average Bonchev–Trinajstić information content (AvgIpc) is 3.13. The van der Waals surface area contributed by atoms with Gasteiger partial charge in [0.15, 0.2) is 0 Å². The standard InChI is InChI=1S/C21H16F2N2O2S/c1-12-3-4-13(2)14(9-12)11-24-18-7-8-28-19(18)20(26)25(21(24)27)17-6-5-15(22)10-16(17)23/h3-10H,11H2,1-2H3. The Kier molecular flexibility index (Phi) is 4.47. The zero-order chi connectivity index (χ0) is 20.0. The number of benzene rings is 2. The van der Waals surface area contributed by atoms with Crippen LogP contribution in [0.1, 0.15) is 16.7 Å². The zero-order valence-corrected chi connectivity index (χ0v) is 16.0. The molecule has 7 heteroatoms. The van der Waals surface area contributed by atoms with Gasteiger partial charge in [0.25, 0.3) is 5.56 Å². The number of hydrogen-bond acceptors (Lipinski definition) is 3. The predicted molar refractivity (Wildman–Crippen MR) is 107 cm³/mol. The van der Waals surface area contributed by atoms with Gasteiger partial charge in [-0.2, -0.15) is 0 Å². The van der Waals surface area contributed by atoms with Crippen molar-refractivity contribution in [2.24, 2.45) is 0 Å².